The number of rotatable bonds is 6. The maximum Gasteiger partial charge on any atom is 0.346 e. The fraction of sp³-hybridized carbons (Fsp3) is 0.312. The van der Waals surface area contributed by atoms with E-state index >= 15 is 0 Å². The van der Waals surface area contributed by atoms with Gasteiger partial charge >= 0.3 is 5.97 Å². The molecule has 138 valence electrons. The summed E-state index contributed by atoms with van der Waals surface area (Å²) in [4.78, 5) is 35.1. The number of esters is 1. The van der Waals surface area contributed by atoms with Gasteiger partial charge in [-0.1, -0.05) is 30.6 Å². The molecule has 1 heterocycles. The van der Waals surface area contributed by atoms with Crippen molar-refractivity contribution in [1.29, 1.82) is 0 Å². The third-order valence-corrected chi connectivity index (χ3v) is 3.59. The summed E-state index contributed by atoms with van der Waals surface area (Å²) < 4.78 is 10.1. The van der Waals surface area contributed by atoms with Gasteiger partial charge in [0.15, 0.2) is 11.9 Å². The standard InChI is InChI=1S/C16H16ClN3O6/c1-8(2)14(15(21)18-13-6-9(3)26-19-13)25-16(22)11-7-10(17)4-5-12(11)20(23)24/h4-8,14H,1-3H3,(H,18,19,21). The van der Waals surface area contributed by atoms with Crippen LogP contribution < -0.4 is 5.32 Å². The number of nitro benzene ring substituents is 1. The minimum absolute atomic E-state index is 0.131. The zero-order chi connectivity index (χ0) is 19.4. The number of ether oxygens (including phenoxy) is 1. The number of aryl methyl sites for hydroxylation is 1. The van der Waals surface area contributed by atoms with E-state index < -0.39 is 34.5 Å². The number of nitrogens with zero attached hydrogens (tertiary/aromatic N) is 2. The van der Waals surface area contributed by atoms with Gasteiger partial charge in [0, 0.05) is 17.2 Å². The monoisotopic (exact) mass is 381 g/mol. The lowest BCUT2D eigenvalue weighted by Crippen LogP contribution is -2.36. The lowest BCUT2D eigenvalue weighted by Gasteiger charge is -2.20. The largest absolute Gasteiger partial charge is 0.448 e. The number of benzene rings is 1. The topological polar surface area (TPSA) is 125 Å². The van der Waals surface area contributed by atoms with E-state index in [1.54, 1.807) is 20.8 Å². The van der Waals surface area contributed by atoms with Crippen LogP contribution in [0.4, 0.5) is 11.5 Å². The number of carbonyl (C=O) groups is 2. The van der Waals surface area contributed by atoms with E-state index in [0.29, 0.717) is 5.76 Å². The number of amides is 1. The summed E-state index contributed by atoms with van der Waals surface area (Å²) in [7, 11) is 0. The molecule has 0 spiro atoms. The van der Waals surface area contributed by atoms with Gasteiger partial charge in [0.2, 0.25) is 0 Å². The highest BCUT2D eigenvalue weighted by atomic mass is 35.5. The smallest absolute Gasteiger partial charge is 0.346 e. The van der Waals surface area contributed by atoms with Crippen molar-refractivity contribution in [2.75, 3.05) is 5.32 Å². The van der Waals surface area contributed by atoms with E-state index in [0.717, 1.165) is 12.1 Å². The molecule has 1 N–H and O–H groups in total. The highest BCUT2D eigenvalue weighted by molar-refractivity contribution is 6.31. The minimum Gasteiger partial charge on any atom is -0.448 e. The van der Waals surface area contributed by atoms with E-state index in [9.17, 15) is 19.7 Å². The van der Waals surface area contributed by atoms with Gasteiger partial charge in [-0.25, -0.2) is 4.79 Å². The Bertz CT molecular complexity index is 848. The second-order valence-corrected chi connectivity index (χ2v) is 6.24. The second kappa shape index (κ2) is 7.96. The summed E-state index contributed by atoms with van der Waals surface area (Å²) in [5.74, 6) is -1.39. The van der Waals surface area contributed by atoms with Crippen LogP contribution in [-0.4, -0.2) is 28.1 Å². The van der Waals surface area contributed by atoms with E-state index in [2.05, 4.69) is 10.5 Å². The number of carbonyl (C=O) groups excluding carboxylic acids is 2. The summed E-state index contributed by atoms with van der Waals surface area (Å²) in [6.07, 6.45) is -1.20. The van der Waals surface area contributed by atoms with E-state index in [-0.39, 0.29) is 16.4 Å². The van der Waals surface area contributed by atoms with E-state index in [4.69, 9.17) is 20.9 Å². The molecule has 0 saturated carbocycles. The predicted octanol–water partition coefficient (Wildman–Crippen LogP) is 3.36. The third-order valence-electron chi connectivity index (χ3n) is 3.35. The molecule has 2 aromatic rings. The molecule has 1 aromatic carbocycles. The summed E-state index contributed by atoms with van der Waals surface area (Å²) in [6, 6.07) is 5.01. The SMILES string of the molecule is Cc1cc(NC(=O)C(OC(=O)c2cc(Cl)ccc2[N+](=O)[O-])C(C)C)no1. The lowest BCUT2D eigenvalue weighted by molar-refractivity contribution is -0.385. The second-order valence-electron chi connectivity index (χ2n) is 5.80. The molecular formula is C16H16ClN3O6. The van der Waals surface area contributed by atoms with Crippen molar-refractivity contribution in [2.45, 2.75) is 26.9 Å². The van der Waals surface area contributed by atoms with Gasteiger partial charge in [-0.15, -0.1) is 0 Å². The first-order valence-corrected chi connectivity index (χ1v) is 7.96. The van der Waals surface area contributed by atoms with Crippen molar-refractivity contribution in [1.82, 2.24) is 5.16 Å². The van der Waals surface area contributed by atoms with Gasteiger partial charge in [0.1, 0.15) is 11.3 Å². The zero-order valence-electron chi connectivity index (χ0n) is 14.2. The first kappa shape index (κ1) is 19.4. The number of nitro groups is 1. The molecule has 0 aliphatic rings. The Balaban J connectivity index is 2.22. The summed E-state index contributed by atoms with van der Waals surface area (Å²) in [5.41, 5.74) is -0.798. The molecule has 1 unspecified atom stereocenters. The van der Waals surface area contributed by atoms with Crippen molar-refractivity contribution in [3.05, 3.63) is 50.7 Å². The van der Waals surface area contributed by atoms with E-state index in [1.165, 1.54) is 12.1 Å². The molecule has 1 amide bonds. The van der Waals surface area contributed by atoms with Crippen LogP contribution in [0.5, 0.6) is 0 Å². The molecule has 0 radical (unpaired) electrons. The van der Waals surface area contributed by atoms with Gasteiger partial charge in [-0.05, 0) is 25.0 Å². The van der Waals surface area contributed by atoms with Crippen LogP contribution in [0, 0.1) is 23.0 Å². The molecule has 2 rings (SSSR count). The van der Waals surface area contributed by atoms with Crippen LogP contribution in [0.1, 0.15) is 30.0 Å². The van der Waals surface area contributed by atoms with Crippen LogP contribution in [0.2, 0.25) is 5.02 Å². The average molecular weight is 382 g/mol. The highest BCUT2D eigenvalue weighted by Crippen LogP contribution is 2.25. The Hall–Kier alpha value is -2.94. The first-order valence-electron chi connectivity index (χ1n) is 7.58. The van der Waals surface area contributed by atoms with Crippen LogP contribution in [0.15, 0.2) is 28.8 Å². The molecule has 9 nitrogen and oxygen atoms in total. The quantitative estimate of drug-likeness (QED) is 0.462. The molecule has 0 aliphatic carbocycles. The molecule has 10 heteroatoms. The average Bonchev–Trinajstić information content (AvgIpc) is 2.96. The van der Waals surface area contributed by atoms with Gasteiger partial charge in [0.05, 0.1) is 4.92 Å². The van der Waals surface area contributed by atoms with Crippen molar-refractivity contribution in [3.63, 3.8) is 0 Å². The van der Waals surface area contributed by atoms with Crippen molar-refractivity contribution in [3.8, 4) is 0 Å². The number of anilines is 1. The van der Waals surface area contributed by atoms with Crippen LogP contribution in [-0.2, 0) is 9.53 Å². The van der Waals surface area contributed by atoms with E-state index in [1.807, 2.05) is 0 Å². The predicted molar refractivity (Wildman–Crippen MR) is 92.0 cm³/mol. The maximum atomic E-state index is 12.4. The number of nitrogens with one attached hydrogen (secondary N) is 1. The Kier molecular flexibility index (Phi) is 5.93. The summed E-state index contributed by atoms with van der Waals surface area (Å²) in [5, 5.41) is 17.3. The minimum atomic E-state index is -1.20. The van der Waals surface area contributed by atoms with Crippen LogP contribution in [0.3, 0.4) is 0 Å². The summed E-state index contributed by atoms with van der Waals surface area (Å²) >= 11 is 5.81. The molecule has 0 fully saturated rings. The zero-order valence-corrected chi connectivity index (χ0v) is 14.9. The number of aromatic nitrogens is 1. The van der Waals surface area contributed by atoms with Gasteiger partial charge in [-0.2, -0.15) is 0 Å². The Morgan fingerprint density at radius 2 is 2.04 bits per heavy atom. The first-order chi connectivity index (χ1) is 12.2. The highest BCUT2D eigenvalue weighted by Gasteiger charge is 2.30. The fourth-order valence-electron chi connectivity index (χ4n) is 2.12. The van der Waals surface area contributed by atoms with Crippen molar-refractivity contribution < 1.29 is 23.8 Å². The number of halogens is 1. The number of hydrogen-bond acceptors (Lipinski definition) is 7. The Morgan fingerprint density at radius 3 is 2.58 bits per heavy atom. The molecule has 0 aliphatic heterocycles. The van der Waals surface area contributed by atoms with Crippen LogP contribution in [0.25, 0.3) is 0 Å². The lowest BCUT2D eigenvalue weighted by atomic mass is 10.1. The van der Waals surface area contributed by atoms with Crippen molar-refractivity contribution >= 4 is 35.0 Å². The Labute approximate surface area is 153 Å². The normalized spacial score (nSPS) is 11.9. The van der Waals surface area contributed by atoms with Gasteiger partial charge < -0.3 is 14.6 Å². The molecule has 1 atom stereocenters. The van der Waals surface area contributed by atoms with Crippen molar-refractivity contribution in [2.24, 2.45) is 5.92 Å². The van der Waals surface area contributed by atoms with Crippen LogP contribution >= 0.6 is 11.6 Å². The van der Waals surface area contributed by atoms with Gasteiger partial charge in [0.25, 0.3) is 11.6 Å². The molecular weight excluding hydrogens is 366 g/mol. The molecule has 0 bridgehead atoms. The molecule has 1 aromatic heterocycles. The fourth-order valence-corrected chi connectivity index (χ4v) is 2.30. The number of hydrogen-bond donors (Lipinski definition) is 1. The maximum absolute atomic E-state index is 12.4. The Morgan fingerprint density at radius 1 is 1.35 bits per heavy atom. The molecule has 26 heavy (non-hydrogen) atoms. The molecule has 0 saturated heterocycles. The van der Waals surface area contributed by atoms with Gasteiger partial charge in [-0.3, -0.25) is 14.9 Å². The third kappa shape index (κ3) is 4.57. The summed E-state index contributed by atoms with van der Waals surface area (Å²) in [6.45, 7) is 4.98.